The van der Waals surface area contributed by atoms with Gasteiger partial charge in [-0.25, -0.2) is 4.90 Å². The van der Waals surface area contributed by atoms with Gasteiger partial charge >= 0.3 is 0 Å². The molecule has 6 rings (SSSR count). The second-order valence-corrected chi connectivity index (χ2v) is 10.8. The zero-order chi connectivity index (χ0) is 29.1. The van der Waals surface area contributed by atoms with Gasteiger partial charge in [0, 0.05) is 43.4 Å². The first-order valence-electron chi connectivity index (χ1n) is 14.2. The van der Waals surface area contributed by atoms with Crippen molar-refractivity contribution >= 4 is 17.5 Å². The number of aromatic nitrogens is 1. The zero-order valence-electron chi connectivity index (χ0n) is 23.4. The number of amides is 2. The van der Waals surface area contributed by atoms with E-state index >= 15 is 0 Å². The number of hydrogen-bond donors (Lipinski definition) is 1. The highest BCUT2D eigenvalue weighted by atomic mass is 16.7. The Bertz CT molecular complexity index is 1510. The lowest BCUT2D eigenvalue weighted by Crippen LogP contribution is -2.38. The van der Waals surface area contributed by atoms with Gasteiger partial charge in [-0.3, -0.25) is 14.6 Å². The first kappa shape index (κ1) is 27.9. The molecule has 0 radical (unpaired) electrons. The minimum atomic E-state index is -0.633. The van der Waals surface area contributed by atoms with Crippen LogP contribution in [0.15, 0.2) is 97.2 Å². The maximum Gasteiger partial charge on any atom is 0.266 e. The van der Waals surface area contributed by atoms with Gasteiger partial charge in [-0.15, -0.1) is 0 Å². The summed E-state index contributed by atoms with van der Waals surface area (Å²) in [5.41, 5.74) is 5.04. The van der Waals surface area contributed by atoms with Gasteiger partial charge in [0.25, 0.3) is 11.8 Å². The number of benzene rings is 3. The fourth-order valence-corrected chi connectivity index (χ4v) is 5.53. The molecule has 1 N–H and O–H groups in total. The molecule has 0 spiro atoms. The standard InChI is InChI=1S/C34H33N3O5/c1-36(19-17-26-6-4-5-18-35-26)21-28-20-31(24-11-9-23(22-38)10-12-24)42-34(41-28)25-13-15-27(16-14-25)37-32(39)29-7-2-3-8-30(29)33(37)40/h2-16,18,28,31,34,38H,17,19-22H2,1H3. The van der Waals surface area contributed by atoms with Crippen LogP contribution in [-0.4, -0.2) is 53.0 Å². The number of carbonyl (C=O) groups excluding carboxylic acids is 2. The number of aliphatic hydroxyl groups excluding tert-OH is 1. The van der Waals surface area contributed by atoms with E-state index in [1.807, 2.05) is 60.8 Å². The van der Waals surface area contributed by atoms with Crippen molar-refractivity contribution < 1.29 is 24.2 Å². The molecule has 0 bridgehead atoms. The van der Waals surface area contributed by atoms with Crippen molar-refractivity contribution in [2.24, 2.45) is 0 Å². The highest BCUT2D eigenvalue weighted by Crippen LogP contribution is 2.39. The summed E-state index contributed by atoms with van der Waals surface area (Å²) < 4.78 is 13.0. The van der Waals surface area contributed by atoms with Crippen molar-refractivity contribution in [2.45, 2.75) is 37.9 Å². The molecular weight excluding hydrogens is 530 g/mol. The maximum absolute atomic E-state index is 13.0. The van der Waals surface area contributed by atoms with Crippen molar-refractivity contribution in [3.63, 3.8) is 0 Å². The number of likely N-dealkylation sites (N-methyl/N-ethyl adjacent to an activating group) is 1. The molecule has 1 fully saturated rings. The Labute approximate surface area is 245 Å². The van der Waals surface area contributed by atoms with Gasteiger partial charge in [0.1, 0.15) is 0 Å². The van der Waals surface area contributed by atoms with Gasteiger partial charge in [0.15, 0.2) is 6.29 Å². The van der Waals surface area contributed by atoms with Gasteiger partial charge in [0.05, 0.1) is 35.6 Å². The summed E-state index contributed by atoms with van der Waals surface area (Å²) in [5, 5.41) is 9.48. The first-order valence-corrected chi connectivity index (χ1v) is 14.2. The summed E-state index contributed by atoms with van der Waals surface area (Å²) >= 11 is 0. The van der Waals surface area contributed by atoms with E-state index in [-0.39, 0.29) is 30.6 Å². The third-order valence-electron chi connectivity index (χ3n) is 7.82. The smallest absolute Gasteiger partial charge is 0.266 e. The fourth-order valence-electron chi connectivity index (χ4n) is 5.53. The minimum absolute atomic E-state index is 0.0132. The molecule has 0 aliphatic carbocycles. The van der Waals surface area contributed by atoms with E-state index in [9.17, 15) is 14.7 Å². The zero-order valence-corrected chi connectivity index (χ0v) is 23.4. The van der Waals surface area contributed by atoms with Gasteiger partial charge in [-0.05, 0) is 54.6 Å². The van der Waals surface area contributed by atoms with Gasteiger partial charge in [-0.2, -0.15) is 0 Å². The van der Waals surface area contributed by atoms with E-state index in [1.54, 1.807) is 36.4 Å². The lowest BCUT2D eigenvalue weighted by Gasteiger charge is -2.38. The van der Waals surface area contributed by atoms with Crippen molar-refractivity contribution in [3.8, 4) is 0 Å². The van der Waals surface area contributed by atoms with E-state index in [2.05, 4.69) is 16.9 Å². The SMILES string of the molecule is CN(CCc1ccccn1)CC1CC(c2ccc(CO)cc2)OC(c2ccc(N3C(=O)c4ccccc4C3=O)cc2)O1. The van der Waals surface area contributed by atoms with E-state index in [1.165, 1.54) is 4.90 Å². The van der Waals surface area contributed by atoms with Crippen LogP contribution in [-0.2, 0) is 22.5 Å². The van der Waals surface area contributed by atoms with Crippen molar-refractivity contribution in [2.75, 3.05) is 25.0 Å². The Balaban J connectivity index is 1.19. The Morgan fingerprint density at radius 2 is 1.52 bits per heavy atom. The molecule has 1 saturated heterocycles. The van der Waals surface area contributed by atoms with Crippen LogP contribution in [0.5, 0.6) is 0 Å². The van der Waals surface area contributed by atoms with Crippen LogP contribution in [0.3, 0.4) is 0 Å². The first-order chi connectivity index (χ1) is 20.5. The molecule has 3 heterocycles. The van der Waals surface area contributed by atoms with Gasteiger partial charge in [-0.1, -0.05) is 54.6 Å². The molecule has 8 heteroatoms. The monoisotopic (exact) mass is 563 g/mol. The topological polar surface area (TPSA) is 92.2 Å². The number of rotatable bonds is 9. The predicted molar refractivity (Wildman–Crippen MR) is 158 cm³/mol. The molecule has 3 aromatic carbocycles. The molecule has 3 unspecified atom stereocenters. The molecular formula is C34H33N3O5. The molecule has 2 aliphatic heterocycles. The summed E-state index contributed by atoms with van der Waals surface area (Å²) in [5.74, 6) is -0.651. The van der Waals surface area contributed by atoms with E-state index in [4.69, 9.17) is 9.47 Å². The van der Waals surface area contributed by atoms with Gasteiger partial charge < -0.3 is 19.5 Å². The van der Waals surface area contributed by atoms with Crippen LogP contribution in [0, 0.1) is 0 Å². The molecule has 214 valence electrons. The molecule has 0 saturated carbocycles. The van der Waals surface area contributed by atoms with Gasteiger partial charge in [0.2, 0.25) is 0 Å². The van der Waals surface area contributed by atoms with E-state index in [0.717, 1.165) is 35.3 Å². The fraction of sp³-hybridized carbons (Fsp3) is 0.265. The largest absolute Gasteiger partial charge is 0.392 e. The predicted octanol–water partition coefficient (Wildman–Crippen LogP) is 5.09. The number of aliphatic hydroxyl groups is 1. The highest BCUT2D eigenvalue weighted by Gasteiger charge is 2.37. The quantitative estimate of drug-likeness (QED) is 0.284. The lowest BCUT2D eigenvalue weighted by atomic mass is 9.99. The molecule has 1 aromatic heterocycles. The molecule has 2 aliphatic rings. The Morgan fingerprint density at radius 1 is 0.857 bits per heavy atom. The number of pyridine rings is 1. The average Bonchev–Trinajstić information content (AvgIpc) is 3.29. The number of imide groups is 1. The Hall–Kier alpha value is -4.21. The molecule has 3 atom stereocenters. The Morgan fingerprint density at radius 3 is 2.17 bits per heavy atom. The number of anilines is 1. The third-order valence-corrected chi connectivity index (χ3v) is 7.82. The number of carbonyl (C=O) groups is 2. The summed E-state index contributed by atoms with van der Waals surface area (Å²) in [7, 11) is 2.08. The van der Waals surface area contributed by atoms with Crippen molar-refractivity contribution in [3.05, 3.63) is 131 Å². The maximum atomic E-state index is 13.0. The summed E-state index contributed by atoms with van der Waals surface area (Å²) in [6.45, 7) is 1.54. The molecule has 42 heavy (non-hydrogen) atoms. The number of nitrogens with zero attached hydrogens (tertiary/aromatic N) is 3. The Kier molecular flexibility index (Phi) is 8.21. The normalized spacial score (nSPS) is 20.3. The van der Waals surface area contributed by atoms with Crippen LogP contribution in [0.1, 0.15) is 61.9 Å². The molecule has 4 aromatic rings. The van der Waals surface area contributed by atoms with Crippen LogP contribution >= 0.6 is 0 Å². The van der Waals surface area contributed by atoms with Crippen LogP contribution in [0.4, 0.5) is 5.69 Å². The summed E-state index contributed by atoms with van der Waals surface area (Å²) in [6, 6.07) is 27.8. The number of hydrogen-bond acceptors (Lipinski definition) is 7. The second-order valence-electron chi connectivity index (χ2n) is 10.8. The number of ether oxygens (including phenoxy) is 2. The van der Waals surface area contributed by atoms with Crippen LogP contribution in [0.25, 0.3) is 0 Å². The summed E-state index contributed by atoms with van der Waals surface area (Å²) in [4.78, 5) is 33.8. The van der Waals surface area contributed by atoms with E-state index in [0.29, 0.717) is 29.8 Å². The van der Waals surface area contributed by atoms with Crippen molar-refractivity contribution in [1.29, 1.82) is 0 Å². The average molecular weight is 564 g/mol. The molecule has 2 amide bonds. The van der Waals surface area contributed by atoms with E-state index < -0.39 is 6.29 Å². The number of fused-ring (bicyclic) bond motifs is 1. The third kappa shape index (κ3) is 5.89. The van der Waals surface area contributed by atoms with Crippen LogP contribution < -0.4 is 4.90 Å². The van der Waals surface area contributed by atoms with Crippen molar-refractivity contribution in [1.82, 2.24) is 9.88 Å². The highest BCUT2D eigenvalue weighted by molar-refractivity contribution is 6.34. The van der Waals surface area contributed by atoms with Crippen LogP contribution in [0.2, 0.25) is 0 Å². The molecule has 8 nitrogen and oxygen atoms in total. The minimum Gasteiger partial charge on any atom is -0.392 e. The lowest BCUT2D eigenvalue weighted by molar-refractivity contribution is -0.252. The second kappa shape index (κ2) is 12.3. The summed E-state index contributed by atoms with van der Waals surface area (Å²) in [6.07, 6.45) is 2.39.